The minimum Gasteiger partial charge on any atom is -0.337 e. The van der Waals surface area contributed by atoms with Crippen molar-refractivity contribution >= 4 is 18.3 Å². The van der Waals surface area contributed by atoms with Crippen molar-refractivity contribution < 1.29 is 4.79 Å². The van der Waals surface area contributed by atoms with Gasteiger partial charge in [-0.3, -0.25) is 4.79 Å². The van der Waals surface area contributed by atoms with Gasteiger partial charge in [0.15, 0.2) is 0 Å². The number of likely N-dealkylation sites (N-methyl/N-ethyl adjacent to an activating group) is 1. The molecular weight excluding hydrogens is 248 g/mol. The number of halogens is 1. The van der Waals surface area contributed by atoms with Gasteiger partial charge >= 0.3 is 0 Å². The minimum atomic E-state index is 0. The Balaban J connectivity index is 0.00000162. The van der Waals surface area contributed by atoms with E-state index in [1.54, 1.807) is 0 Å². The highest BCUT2D eigenvalue weighted by molar-refractivity contribution is 5.95. The van der Waals surface area contributed by atoms with Crippen LogP contribution in [0, 0.1) is 13.8 Å². The number of aryl methyl sites for hydroxylation is 2. The molecule has 18 heavy (non-hydrogen) atoms. The zero-order valence-electron chi connectivity index (χ0n) is 11.2. The van der Waals surface area contributed by atoms with Gasteiger partial charge in [-0.2, -0.15) is 0 Å². The first-order valence-electron chi connectivity index (χ1n) is 6.14. The predicted octanol–water partition coefficient (Wildman–Crippen LogP) is 2.16. The van der Waals surface area contributed by atoms with Gasteiger partial charge in [-0.25, -0.2) is 0 Å². The Kier molecular flexibility index (Phi) is 5.17. The fourth-order valence-electron chi connectivity index (χ4n) is 2.38. The van der Waals surface area contributed by atoms with Gasteiger partial charge < -0.3 is 10.2 Å². The normalized spacial score (nSPS) is 18.3. The minimum absolute atomic E-state index is 0. The van der Waals surface area contributed by atoms with Crippen LogP contribution in [0.25, 0.3) is 0 Å². The van der Waals surface area contributed by atoms with Gasteiger partial charge in [-0.1, -0.05) is 17.7 Å². The predicted molar refractivity (Wildman–Crippen MR) is 76.5 cm³/mol. The molecule has 1 aliphatic heterocycles. The second kappa shape index (κ2) is 6.21. The largest absolute Gasteiger partial charge is 0.337 e. The Morgan fingerprint density at radius 2 is 2.11 bits per heavy atom. The van der Waals surface area contributed by atoms with Gasteiger partial charge in [0.05, 0.1) is 0 Å². The molecule has 0 spiro atoms. The molecule has 0 saturated carbocycles. The fraction of sp³-hybridized carbons (Fsp3) is 0.500. The summed E-state index contributed by atoms with van der Waals surface area (Å²) in [5.41, 5.74) is 3.09. The van der Waals surface area contributed by atoms with Crippen LogP contribution in [-0.4, -0.2) is 37.0 Å². The van der Waals surface area contributed by atoms with E-state index < -0.39 is 0 Å². The molecule has 1 atom stereocenters. The molecule has 0 radical (unpaired) electrons. The van der Waals surface area contributed by atoms with Crippen LogP contribution in [0.2, 0.25) is 0 Å². The number of carbonyl (C=O) groups is 1. The Morgan fingerprint density at radius 3 is 2.67 bits per heavy atom. The van der Waals surface area contributed by atoms with Gasteiger partial charge in [0, 0.05) is 25.2 Å². The van der Waals surface area contributed by atoms with Crippen molar-refractivity contribution in [2.75, 3.05) is 20.1 Å². The number of hydrogen-bond donors (Lipinski definition) is 1. The summed E-state index contributed by atoms with van der Waals surface area (Å²) in [6.07, 6.45) is 1.05. The van der Waals surface area contributed by atoms with Crippen molar-refractivity contribution in [1.29, 1.82) is 0 Å². The number of carbonyl (C=O) groups excluding carboxylic acids is 1. The molecule has 0 bridgehead atoms. The maximum atomic E-state index is 12.4. The SMILES string of the molecule is Cc1ccc(C(=O)N(C)C2CCNC2)c(C)c1.Cl. The highest BCUT2D eigenvalue weighted by atomic mass is 35.5. The van der Waals surface area contributed by atoms with Crippen molar-refractivity contribution in [3.63, 3.8) is 0 Å². The van der Waals surface area contributed by atoms with Crippen molar-refractivity contribution in [2.24, 2.45) is 0 Å². The maximum absolute atomic E-state index is 12.4. The van der Waals surface area contributed by atoms with Crippen molar-refractivity contribution in [1.82, 2.24) is 10.2 Å². The third kappa shape index (κ3) is 3.03. The van der Waals surface area contributed by atoms with Crippen LogP contribution in [0.5, 0.6) is 0 Å². The van der Waals surface area contributed by atoms with Crippen LogP contribution < -0.4 is 5.32 Å². The van der Waals surface area contributed by atoms with Crippen molar-refractivity contribution in [3.05, 3.63) is 34.9 Å². The molecule has 3 nitrogen and oxygen atoms in total. The smallest absolute Gasteiger partial charge is 0.254 e. The molecule has 2 rings (SSSR count). The zero-order chi connectivity index (χ0) is 12.4. The molecule has 1 aromatic rings. The average molecular weight is 269 g/mol. The summed E-state index contributed by atoms with van der Waals surface area (Å²) >= 11 is 0. The highest BCUT2D eigenvalue weighted by Gasteiger charge is 2.24. The Bertz CT molecular complexity index is 428. The van der Waals surface area contributed by atoms with Gasteiger partial charge in [0.25, 0.3) is 5.91 Å². The molecule has 1 N–H and O–H groups in total. The van der Waals surface area contributed by atoms with E-state index in [-0.39, 0.29) is 18.3 Å². The lowest BCUT2D eigenvalue weighted by Gasteiger charge is -2.24. The third-order valence-electron chi connectivity index (χ3n) is 3.51. The second-order valence-electron chi connectivity index (χ2n) is 4.88. The molecule has 100 valence electrons. The summed E-state index contributed by atoms with van der Waals surface area (Å²) in [6, 6.07) is 6.34. The standard InChI is InChI=1S/C14H20N2O.ClH/c1-10-4-5-13(11(2)8-10)14(17)16(3)12-6-7-15-9-12;/h4-5,8,12,15H,6-7,9H2,1-3H3;1H. The summed E-state index contributed by atoms with van der Waals surface area (Å²) in [6.45, 7) is 5.97. The van der Waals surface area contributed by atoms with E-state index in [0.717, 1.165) is 30.6 Å². The molecular formula is C14H21ClN2O. The molecule has 1 heterocycles. The summed E-state index contributed by atoms with van der Waals surface area (Å²) in [7, 11) is 1.90. The quantitative estimate of drug-likeness (QED) is 0.892. The van der Waals surface area contributed by atoms with Crippen molar-refractivity contribution in [3.8, 4) is 0 Å². The van der Waals surface area contributed by atoms with Crippen molar-refractivity contribution in [2.45, 2.75) is 26.3 Å². The van der Waals surface area contributed by atoms with E-state index in [9.17, 15) is 4.79 Å². The molecule has 0 aromatic heterocycles. The molecule has 1 unspecified atom stereocenters. The van der Waals surface area contributed by atoms with E-state index in [4.69, 9.17) is 0 Å². The summed E-state index contributed by atoms with van der Waals surface area (Å²) in [5.74, 6) is 0.135. The molecule has 1 fully saturated rings. The van der Waals surface area contributed by atoms with Gasteiger partial charge in [-0.05, 0) is 38.4 Å². The van der Waals surface area contributed by atoms with Gasteiger partial charge in [0.2, 0.25) is 0 Å². The van der Waals surface area contributed by atoms with Crippen LogP contribution in [0.1, 0.15) is 27.9 Å². The summed E-state index contributed by atoms with van der Waals surface area (Å²) in [4.78, 5) is 14.2. The number of nitrogens with zero attached hydrogens (tertiary/aromatic N) is 1. The second-order valence-corrected chi connectivity index (χ2v) is 4.88. The number of benzene rings is 1. The molecule has 1 saturated heterocycles. The zero-order valence-corrected chi connectivity index (χ0v) is 12.0. The van der Waals surface area contributed by atoms with Crippen LogP contribution in [0.3, 0.4) is 0 Å². The highest BCUT2D eigenvalue weighted by Crippen LogP contribution is 2.15. The average Bonchev–Trinajstić information content (AvgIpc) is 2.80. The summed E-state index contributed by atoms with van der Waals surface area (Å²) in [5, 5.41) is 3.29. The molecule has 0 aliphatic carbocycles. The molecule has 1 aromatic carbocycles. The lowest BCUT2D eigenvalue weighted by molar-refractivity contribution is 0.0743. The number of amides is 1. The van der Waals surface area contributed by atoms with Gasteiger partial charge in [0.1, 0.15) is 0 Å². The Morgan fingerprint density at radius 1 is 1.39 bits per heavy atom. The van der Waals surface area contributed by atoms with Crippen LogP contribution in [-0.2, 0) is 0 Å². The number of hydrogen-bond acceptors (Lipinski definition) is 2. The summed E-state index contributed by atoms with van der Waals surface area (Å²) < 4.78 is 0. The van der Waals surface area contributed by atoms with E-state index in [1.165, 1.54) is 5.56 Å². The Labute approximate surface area is 115 Å². The number of nitrogens with one attached hydrogen (secondary N) is 1. The lowest BCUT2D eigenvalue weighted by atomic mass is 10.0. The molecule has 4 heteroatoms. The fourth-order valence-corrected chi connectivity index (χ4v) is 2.38. The first kappa shape index (κ1) is 15.0. The van der Waals surface area contributed by atoms with E-state index in [2.05, 4.69) is 11.4 Å². The van der Waals surface area contributed by atoms with E-state index in [0.29, 0.717) is 6.04 Å². The first-order chi connectivity index (χ1) is 8.09. The van der Waals surface area contributed by atoms with Crippen LogP contribution in [0.15, 0.2) is 18.2 Å². The Hall–Kier alpha value is -1.06. The molecule has 1 aliphatic rings. The van der Waals surface area contributed by atoms with E-state index >= 15 is 0 Å². The van der Waals surface area contributed by atoms with Crippen LogP contribution in [0.4, 0.5) is 0 Å². The van der Waals surface area contributed by atoms with E-state index in [1.807, 2.05) is 37.9 Å². The van der Waals surface area contributed by atoms with Crippen LogP contribution >= 0.6 is 12.4 Å². The van der Waals surface area contributed by atoms with Gasteiger partial charge in [-0.15, -0.1) is 12.4 Å². The monoisotopic (exact) mass is 268 g/mol. The topological polar surface area (TPSA) is 32.3 Å². The molecule has 1 amide bonds. The first-order valence-corrected chi connectivity index (χ1v) is 6.14. The lowest BCUT2D eigenvalue weighted by Crippen LogP contribution is -2.38. The maximum Gasteiger partial charge on any atom is 0.254 e. The third-order valence-corrected chi connectivity index (χ3v) is 3.51. The number of rotatable bonds is 2.